The molecule has 0 saturated heterocycles. The van der Waals surface area contributed by atoms with Crippen molar-refractivity contribution in [3.8, 4) is 0 Å². The predicted molar refractivity (Wildman–Crippen MR) is 54.9 cm³/mol. The Balaban J connectivity index is 2.14. The summed E-state index contributed by atoms with van der Waals surface area (Å²) in [4.78, 5) is 11.2. The van der Waals surface area contributed by atoms with Gasteiger partial charge >= 0.3 is 5.97 Å². The third-order valence-electron chi connectivity index (χ3n) is 2.94. The van der Waals surface area contributed by atoms with Crippen molar-refractivity contribution < 1.29 is 14.6 Å². The van der Waals surface area contributed by atoms with E-state index in [1.807, 2.05) is 0 Å². The van der Waals surface area contributed by atoms with Crippen LogP contribution >= 0.6 is 0 Å². The highest BCUT2D eigenvalue weighted by Crippen LogP contribution is 2.27. The van der Waals surface area contributed by atoms with E-state index in [-0.39, 0.29) is 11.7 Å². The molecule has 16 heavy (non-hydrogen) atoms. The molecule has 1 aromatic heterocycles. The van der Waals surface area contributed by atoms with Gasteiger partial charge in [-0.25, -0.2) is 9.48 Å². The zero-order valence-corrected chi connectivity index (χ0v) is 9.17. The molecule has 1 heterocycles. The van der Waals surface area contributed by atoms with Gasteiger partial charge in [-0.15, -0.1) is 5.10 Å². The molecule has 0 amide bonds. The van der Waals surface area contributed by atoms with Crippen LogP contribution in [-0.4, -0.2) is 39.3 Å². The Bertz CT molecular complexity index is 377. The highest BCUT2D eigenvalue weighted by molar-refractivity contribution is 5.86. The fraction of sp³-hybridized carbons (Fsp3) is 0.700. The van der Waals surface area contributed by atoms with Gasteiger partial charge in [0.2, 0.25) is 0 Å². The number of aromatic nitrogens is 3. The maximum atomic E-state index is 11.2. The summed E-state index contributed by atoms with van der Waals surface area (Å²) in [5, 5.41) is 17.4. The lowest BCUT2D eigenvalue weighted by Crippen LogP contribution is -2.27. The molecule has 1 aromatic rings. The predicted octanol–water partition coefficient (Wildman–Crippen LogP) is 0.541. The third kappa shape index (κ3) is 2.06. The van der Waals surface area contributed by atoms with E-state index in [0.29, 0.717) is 0 Å². The van der Waals surface area contributed by atoms with Crippen molar-refractivity contribution in [2.75, 3.05) is 7.11 Å². The van der Waals surface area contributed by atoms with E-state index in [4.69, 9.17) is 0 Å². The summed E-state index contributed by atoms with van der Waals surface area (Å²) in [7, 11) is 1.30. The Morgan fingerprint density at radius 3 is 3.00 bits per heavy atom. The molecule has 0 unspecified atom stereocenters. The van der Waals surface area contributed by atoms with Crippen molar-refractivity contribution in [2.45, 2.75) is 37.8 Å². The highest BCUT2D eigenvalue weighted by Gasteiger charge is 2.26. The second kappa shape index (κ2) is 4.61. The molecule has 0 bridgehead atoms. The van der Waals surface area contributed by atoms with Crippen LogP contribution in [0.3, 0.4) is 0 Å². The first-order valence-electron chi connectivity index (χ1n) is 5.40. The number of hydrogen-bond acceptors (Lipinski definition) is 5. The molecule has 88 valence electrons. The number of aliphatic hydroxyl groups excluding tert-OH is 1. The molecule has 1 fully saturated rings. The minimum Gasteiger partial charge on any atom is -0.464 e. The van der Waals surface area contributed by atoms with E-state index >= 15 is 0 Å². The van der Waals surface area contributed by atoms with Crippen LogP contribution in [0.4, 0.5) is 0 Å². The van der Waals surface area contributed by atoms with Gasteiger partial charge in [0, 0.05) is 0 Å². The first-order chi connectivity index (χ1) is 7.72. The lowest BCUT2D eigenvalue weighted by molar-refractivity contribution is 0.0591. The van der Waals surface area contributed by atoms with Crippen LogP contribution < -0.4 is 0 Å². The molecule has 1 N–H and O–H groups in total. The molecule has 2 atom stereocenters. The van der Waals surface area contributed by atoms with Crippen LogP contribution in [0, 0.1) is 0 Å². The van der Waals surface area contributed by atoms with Gasteiger partial charge in [0.25, 0.3) is 0 Å². The Morgan fingerprint density at radius 2 is 2.31 bits per heavy atom. The Labute approximate surface area is 93.2 Å². The largest absolute Gasteiger partial charge is 0.464 e. The Kier molecular flexibility index (Phi) is 3.19. The van der Waals surface area contributed by atoms with E-state index in [9.17, 15) is 9.90 Å². The van der Waals surface area contributed by atoms with Gasteiger partial charge < -0.3 is 9.84 Å². The van der Waals surface area contributed by atoms with Gasteiger partial charge in [-0.2, -0.15) is 0 Å². The van der Waals surface area contributed by atoms with E-state index in [2.05, 4.69) is 15.0 Å². The smallest absolute Gasteiger partial charge is 0.360 e. The molecule has 0 aliphatic heterocycles. The van der Waals surface area contributed by atoms with Crippen LogP contribution in [0.2, 0.25) is 0 Å². The minimum absolute atomic E-state index is 0.0698. The monoisotopic (exact) mass is 225 g/mol. The minimum atomic E-state index is -0.503. The zero-order valence-electron chi connectivity index (χ0n) is 9.17. The number of hydrogen-bond donors (Lipinski definition) is 1. The maximum Gasteiger partial charge on any atom is 0.360 e. The van der Waals surface area contributed by atoms with Crippen molar-refractivity contribution in [2.24, 2.45) is 0 Å². The van der Waals surface area contributed by atoms with Crippen molar-refractivity contribution in [3.63, 3.8) is 0 Å². The number of carbonyl (C=O) groups excluding carboxylic acids is 1. The molecular weight excluding hydrogens is 210 g/mol. The Morgan fingerprint density at radius 1 is 1.56 bits per heavy atom. The average molecular weight is 225 g/mol. The molecule has 0 aromatic carbocycles. The molecule has 6 nitrogen and oxygen atoms in total. The van der Waals surface area contributed by atoms with Gasteiger partial charge in [0.15, 0.2) is 5.69 Å². The molecule has 2 rings (SSSR count). The second-order valence-corrected chi connectivity index (χ2v) is 3.99. The van der Waals surface area contributed by atoms with Gasteiger partial charge in [0.05, 0.1) is 25.5 Å². The van der Waals surface area contributed by atoms with Crippen LogP contribution in [0.25, 0.3) is 0 Å². The van der Waals surface area contributed by atoms with E-state index in [1.54, 1.807) is 4.68 Å². The first kappa shape index (κ1) is 11.1. The lowest BCUT2D eigenvalue weighted by atomic mass is 9.93. The molecule has 0 radical (unpaired) electrons. The molecule has 1 saturated carbocycles. The summed E-state index contributed by atoms with van der Waals surface area (Å²) in [6, 6.07) is -0.0698. The van der Waals surface area contributed by atoms with Gasteiger partial charge in [0.1, 0.15) is 0 Å². The van der Waals surface area contributed by atoms with Crippen molar-refractivity contribution >= 4 is 5.97 Å². The average Bonchev–Trinajstić information content (AvgIpc) is 2.78. The van der Waals surface area contributed by atoms with Gasteiger partial charge in [-0.05, 0) is 12.8 Å². The van der Waals surface area contributed by atoms with Crippen LogP contribution in [-0.2, 0) is 4.74 Å². The van der Waals surface area contributed by atoms with E-state index in [1.165, 1.54) is 13.3 Å². The summed E-state index contributed by atoms with van der Waals surface area (Å²) in [5.74, 6) is -0.503. The van der Waals surface area contributed by atoms with Crippen LogP contribution in [0.1, 0.15) is 42.2 Å². The van der Waals surface area contributed by atoms with E-state index < -0.39 is 12.1 Å². The molecule has 6 heteroatoms. The standard InChI is InChI=1S/C10H15N3O3/c1-16-10(15)7-6-13(12-11-7)8-4-2-3-5-9(8)14/h6,8-9,14H,2-5H2,1H3/t8-,9+/m0/s1. The van der Waals surface area contributed by atoms with Gasteiger partial charge in [-0.1, -0.05) is 18.1 Å². The summed E-state index contributed by atoms with van der Waals surface area (Å²) in [6.07, 6.45) is 4.88. The first-order valence-corrected chi connectivity index (χ1v) is 5.40. The summed E-state index contributed by atoms with van der Waals surface area (Å²) in [5.41, 5.74) is 0.181. The maximum absolute atomic E-state index is 11.2. The quantitative estimate of drug-likeness (QED) is 0.743. The van der Waals surface area contributed by atoms with Crippen molar-refractivity contribution in [1.29, 1.82) is 0 Å². The topological polar surface area (TPSA) is 77.2 Å². The lowest BCUT2D eigenvalue weighted by Gasteiger charge is -2.26. The van der Waals surface area contributed by atoms with Crippen molar-refractivity contribution in [1.82, 2.24) is 15.0 Å². The third-order valence-corrected chi connectivity index (χ3v) is 2.94. The van der Waals surface area contributed by atoms with Crippen LogP contribution in [0.5, 0.6) is 0 Å². The van der Waals surface area contributed by atoms with E-state index in [0.717, 1.165) is 25.7 Å². The number of esters is 1. The summed E-state index contributed by atoms with van der Waals surface area (Å²) in [6.45, 7) is 0. The number of carbonyl (C=O) groups is 1. The SMILES string of the molecule is COC(=O)c1cn([C@H]2CCCC[C@H]2O)nn1. The number of rotatable bonds is 2. The zero-order chi connectivity index (χ0) is 11.5. The van der Waals surface area contributed by atoms with Crippen LogP contribution in [0.15, 0.2) is 6.20 Å². The molecule has 1 aliphatic carbocycles. The number of methoxy groups -OCH3 is 1. The summed E-state index contributed by atoms with van der Waals surface area (Å²) < 4.78 is 6.11. The number of ether oxygens (including phenoxy) is 1. The normalized spacial score (nSPS) is 25.4. The molecular formula is C10H15N3O3. The summed E-state index contributed by atoms with van der Waals surface area (Å²) >= 11 is 0. The molecule has 1 aliphatic rings. The Hall–Kier alpha value is -1.43. The highest BCUT2D eigenvalue weighted by atomic mass is 16.5. The fourth-order valence-corrected chi connectivity index (χ4v) is 2.04. The number of aliphatic hydroxyl groups is 1. The second-order valence-electron chi connectivity index (χ2n) is 3.99. The van der Waals surface area contributed by atoms with Crippen molar-refractivity contribution in [3.05, 3.63) is 11.9 Å². The number of nitrogens with zero attached hydrogens (tertiary/aromatic N) is 3. The van der Waals surface area contributed by atoms with Gasteiger partial charge in [-0.3, -0.25) is 0 Å². The molecule has 0 spiro atoms. The fourth-order valence-electron chi connectivity index (χ4n) is 2.04.